The Morgan fingerprint density at radius 2 is 2.00 bits per heavy atom. The van der Waals surface area contributed by atoms with Crippen LogP contribution in [-0.4, -0.2) is 48.3 Å². The van der Waals surface area contributed by atoms with Crippen LogP contribution in [0.4, 0.5) is 4.39 Å². The quantitative estimate of drug-likeness (QED) is 0.903. The van der Waals surface area contributed by atoms with Crippen LogP contribution < -0.4 is 4.74 Å². The monoisotopic (exact) mass is 345 g/mol. The number of β-amino-alcohol motifs (C(OH)–C–C–N with tert-alkyl or cyclic N) is 1. The second-order valence-corrected chi connectivity index (χ2v) is 6.02. The van der Waals surface area contributed by atoms with Gasteiger partial charge in [0, 0.05) is 18.7 Å². The molecule has 0 aromatic heterocycles. The number of hydrogen-bond acceptors (Lipinski definition) is 4. The summed E-state index contributed by atoms with van der Waals surface area (Å²) in [5.41, 5.74) is 1.52. The van der Waals surface area contributed by atoms with Crippen molar-refractivity contribution in [3.05, 3.63) is 65.5 Å². The summed E-state index contributed by atoms with van der Waals surface area (Å²) in [5, 5.41) is 10.2. The van der Waals surface area contributed by atoms with Crippen LogP contribution in [0.25, 0.3) is 0 Å². The van der Waals surface area contributed by atoms with Crippen molar-refractivity contribution in [3.63, 3.8) is 0 Å². The third kappa shape index (κ3) is 4.15. The summed E-state index contributed by atoms with van der Waals surface area (Å²) < 4.78 is 23.9. The Hall–Kier alpha value is -2.44. The lowest BCUT2D eigenvalue weighted by Crippen LogP contribution is -2.31. The lowest BCUT2D eigenvalue weighted by molar-refractivity contribution is 0.0728. The van der Waals surface area contributed by atoms with Crippen molar-refractivity contribution in [2.24, 2.45) is 0 Å². The molecule has 3 rings (SSSR count). The van der Waals surface area contributed by atoms with Gasteiger partial charge in [-0.15, -0.1) is 0 Å². The lowest BCUT2D eigenvalue weighted by Gasteiger charge is -2.17. The molecule has 0 spiro atoms. The average Bonchev–Trinajstić information content (AvgIpc) is 2.96. The van der Waals surface area contributed by atoms with Gasteiger partial charge in [0.2, 0.25) is 0 Å². The normalized spacial score (nSPS) is 19.9. The molecular formula is C19H20FNO4. The first kappa shape index (κ1) is 17.4. The van der Waals surface area contributed by atoms with E-state index in [4.69, 9.17) is 9.47 Å². The number of halogens is 1. The van der Waals surface area contributed by atoms with Gasteiger partial charge in [0.05, 0.1) is 19.7 Å². The molecule has 1 N–H and O–H groups in total. The van der Waals surface area contributed by atoms with Crippen LogP contribution >= 0.6 is 0 Å². The van der Waals surface area contributed by atoms with E-state index >= 15 is 0 Å². The Labute approximate surface area is 145 Å². The smallest absolute Gasteiger partial charge is 0.254 e. The van der Waals surface area contributed by atoms with Crippen LogP contribution in [0.2, 0.25) is 0 Å². The molecule has 2 atom stereocenters. The number of rotatable bonds is 5. The number of methoxy groups -OCH3 is 1. The first-order chi connectivity index (χ1) is 12.1. The summed E-state index contributed by atoms with van der Waals surface area (Å²) in [4.78, 5) is 14.1. The van der Waals surface area contributed by atoms with Gasteiger partial charge in [-0.3, -0.25) is 4.79 Å². The third-order valence-corrected chi connectivity index (χ3v) is 4.12. The number of ether oxygens (including phenoxy) is 2. The molecule has 2 aromatic rings. The number of nitrogens with zero attached hydrogens (tertiary/aromatic N) is 1. The zero-order valence-electron chi connectivity index (χ0n) is 13.9. The van der Waals surface area contributed by atoms with E-state index in [1.165, 1.54) is 18.2 Å². The van der Waals surface area contributed by atoms with Crippen LogP contribution in [-0.2, 0) is 11.3 Å². The first-order valence-corrected chi connectivity index (χ1v) is 8.04. The maximum Gasteiger partial charge on any atom is 0.254 e. The highest BCUT2D eigenvalue weighted by atomic mass is 19.1. The van der Waals surface area contributed by atoms with Gasteiger partial charge >= 0.3 is 0 Å². The van der Waals surface area contributed by atoms with E-state index in [1.807, 2.05) is 12.1 Å². The van der Waals surface area contributed by atoms with Gasteiger partial charge in [0.1, 0.15) is 23.8 Å². The Morgan fingerprint density at radius 3 is 2.68 bits per heavy atom. The number of aliphatic hydroxyl groups excluding tert-OH is 1. The fourth-order valence-corrected chi connectivity index (χ4v) is 2.85. The molecule has 1 saturated heterocycles. The van der Waals surface area contributed by atoms with Gasteiger partial charge in [-0.25, -0.2) is 4.39 Å². The molecule has 6 heteroatoms. The molecule has 1 aliphatic rings. The van der Waals surface area contributed by atoms with Crippen molar-refractivity contribution in [2.45, 2.75) is 18.8 Å². The van der Waals surface area contributed by atoms with E-state index in [2.05, 4.69) is 0 Å². The number of benzene rings is 2. The Kier molecular flexibility index (Phi) is 5.31. The summed E-state index contributed by atoms with van der Waals surface area (Å²) in [6, 6.07) is 12.9. The van der Waals surface area contributed by atoms with E-state index in [-0.39, 0.29) is 19.0 Å². The van der Waals surface area contributed by atoms with E-state index in [0.717, 1.165) is 5.56 Å². The molecule has 1 fully saturated rings. The highest BCUT2D eigenvalue weighted by Crippen LogP contribution is 2.21. The molecule has 2 aromatic carbocycles. The summed E-state index contributed by atoms with van der Waals surface area (Å²) in [6.45, 7) is 0.912. The SMILES string of the molecule is COCc1ccc(C(=O)N2C[C@@H](O)[C@H](Oc3cccc(F)c3)C2)cc1. The summed E-state index contributed by atoms with van der Waals surface area (Å²) in [6.07, 6.45) is -1.40. The number of carbonyl (C=O) groups is 1. The van der Waals surface area contributed by atoms with E-state index in [0.29, 0.717) is 17.9 Å². The number of amides is 1. The van der Waals surface area contributed by atoms with Gasteiger partial charge in [0.25, 0.3) is 5.91 Å². The van der Waals surface area contributed by atoms with Crippen molar-refractivity contribution in [1.29, 1.82) is 0 Å². The summed E-state index contributed by atoms with van der Waals surface area (Å²) in [7, 11) is 1.61. The maximum absolute atomic E-state index is 13.2. The first-order valence-electron chi connectivity index (χ1n) is 8.04. The van der Waals surface area contributed by atoms with E-state index in [9.17, 15) is 14.3 Å². The zero-order valence-corrected chi connectivity index (χ0v) is 13.9. The molecule has 1 amide bonds. The minimum Gasteiger partial charge on any atom is -0.486 e. The third-order valence-electron chi connectivity index (χ3n) is 4.12. The number of carbonyl (C=O) groups excluding carboxylic acids is 1. The number of likely N-dealkylation sites (tertiary alicyclic amines) is 1. The molecular weight excluding hydrogens is 325 g/mol. The van der Waals surface area contributed by atoms with Crippen LogP contribution in [0.15, 0.2) is 48.5 Å². The standard InChI is InChI=1S/C19H20FNO4/c1-24-12-13-5-7-14(8-6-13)19(23)21-10-17(22)18(11-21)25-16-4-2-3-15(20)9-16/h2-9,17-18,22H,10-12H2,1H3/t17-,18-/m1/s1. The fraction of sp³-hybridized carbons (Fsp3) is 0.316. The molecule has 0 unspecified atom stereocenters. The molecule has 25 heavy (non-hydrogen) atoms. The summed E-state index contributed by atoms with van der Waals surface area (Å²) >= 11 is 0. The van der Waals surface area contributed by atoms with Crippen molar-refractivity contribution < 1.29 is 23.8 Å². The minimum absolute atomic E-state index is 0.173. The van der Waals surface area contributed by atoms with Crippen molar-refractivity contribution >= 4 is 5.91 Å². The molecule has 0 aliphatic carbocycles. The maximum atomic E-state index is 13.2. The van der Waals surface area contributed by atoms with Crippen LogP contribution in [0.1, 0.15) is 15.9 Å². The molecule has 0 saturated carbocycles. The molecule has 5 nitrogen and oxygen atoms in total. The molecule has 0 radical (unpaired) electrons. The lowest BCUT2D eigenvalue weighted by atomic mass is 10.1. The Bertz CT molecular complexity index is 734. The summed E-state index contributed by atoms with van der Waals surface area (Å²) in [5.74, 6) is -0.246. The van der Waals surface area contributed by atoms with E-state index < -0.39 is 18.0 Å². The topological polar surface area (TPSA) is 59.0 Å². The predicted octanol–water partition coefficient (Wildman–Crippen LogP) is 2.24. The fourth-order valence-electron chi connectivity index (χ4n) is 2.85. The van der Waals surface area contributed by atoms with E-state index in [1.54, 1.807) is 30.2 Å². The van der Waals surface area contributed by atoms with Gasteiger partial charge < -0.3 is 19.5 Å². The van der Waals surface area contributed by atoms with Gasteiger partial charge in [-0.05, 0) is 29.8 Å². The van der Waals surface area contributed by atoms with Crippen LogP contribution in [0.3, 0.4) is 0 Å². The largest absolute Gasteiger partial charge is 0.486 e. The highest BCUT2D eigenvalue weighted by Gasteiger charge is 2.36. The zero-order chi connectivity index (χ0) is 17.8. The molecule has 132 valence electrons. The van der Waals surface area contributed by atoms with Crippen molar-refractivity contribution in [1.82, 2.24) is 4.90 Å². The van der Waals surface area contributed by atoms with Crippen molar-refractivity contribution in [3.8, 4) is 5.75 Å². The highest BCUT2D eigenvalue weighted by molar-refractivity contribution is 5.94. The second-order valence-electron chi connectivity index (χ2n) is 6.02. The van der Waals surface area contributed by atoms with Gasteiger partial charge in [-0.2, -0.15) is 0 Å². The van der Waals surface area contributed by atoms with Crippen LogP contribution in [0, 0.1) is 5.82 Å². The predicted molar refractivity (Wildman–Crippen MR) is 89.9 cm³/mol. The van der Waals surface area contributed by atoms with Gasteiger partial charge in [0.15, 0.2) is 0 Å². The van der Waals surface area contributed by atoms with Crippen molar-refractivity contribution in [2.75, 3.05) is 20.2 Å². The van der Waals surface area contributed by atoms with Gasteiger partial charge in [-0.1, -0.05) is 18.2 Å². The average molecular weight is 345 g/mol. The van der Waals surface area contributed by atoms with Crippen LogP contribution in [0.5, 0.6) is 5.75 Å². The molecule has 1 heterocycles. The second kappa shape index (κ2) is 7.63. The number of hydrogen-bond donors (Lipinski definition) is 1. The Balaban J connectivity index is 1.65. The minimum atomic E-state index is -0.819. The molecule has 0 bridgehead atoms. The molecule has 1 aliphatic heterocycles. The Morgan fingerprint density at radius 1 is 1.24 bits per heavy atom. The number of aliphatic hydroxyl groups is 1.